The predicted octanol–water partition coefficient (Wildman–Crippen LogP) is 3.09. The summed E-state index contributed by atoms with van der Waals surface area (Å²) in [5.74, 6) is 0. The Morgan fingerprint density at radius 3 is 2.69 bits per heavy atom. The van der Waals surface area contributed by atoms with Gasteiger partial charge in [0.1, 0.15) is 0 Å². The van der Waals surface area contributed by atoms with Crippen LogP contribution >= 0.6 is 0 Å². The molecule has 0 aliphatic heterocycles. The maximum absolute atomic E-state index is 6.95. The molecule has 0 heterocycles. The van der Waals surface area contributed by atoms with Crippen molar-refractivity contribution in [2.75, 3.05) is 6.54 Å². The highest BCUT2D eigenvalue weighted by molar-refractivity contribution is 4.99. The zero-order chi connectivity index (χ0) is 10.1. The number of hydrogen-bond acceptors (Lipinski definition) is 3. The van der Waals surface area contributed by atoms with Crippen LogP contribution in [0.3, 0.4) is 0 Å². The van der Waals surface area contributed by atoms with E-state index in [2.05, 4.69) is 37.3 Å². The second-order valence-corrected chi connectivity index (χ2v) is 3.25. The lowest BCUT2D eigenvalue weighted by Gasteiger charge is -2.09. The normalized spacial score (nSPS) is 14.2. The van der Waals surface area contributed by atoms with Crippen LogP contribution in [0.15, 0.2) is 16.9 Å². The van der Waals surface area contributed by atoms with E-state index in [9.17, 15) is 0 Å². The van der Waals surface area contributed by atoms with Crippen LogP contribution in [0.4, 0.5) is 0 Å². The molecule has 0 radical (unpaired) electrons. The van der Waals surface area contributed by atoms with Crippen LogP contribution in [-0.4, -0.2) is 12.6 Å². The van der Waals surface area contributed by atoms with Gasteiger partial charge in [0, 0.05) is 6.04 Å². The highest BCUT2D eigenvalue weighted by Gasteiger charge is 1.98. The molecule has 0 aromatic rings. The third-order valence-corrected chi connectivity index (χ3v) is 1.91. The standard InChI is InChI=1S/C10H21N3/c1-4-6-10(13-11)8-7-9(3)12-5-2/h8-9,11-12H,4-7H2,1-3H3/b10-8+,13-11?. The molecule has 13 heavy (non-hydrogen) atoms. The molecule has 0 amide bonds. The van der Waals surface area contributed by atoms with Gasteiger partial charge in [-0.25, -0.2) is 5.53 Å². The van der Waals surface area contributed by atoms with Gasteiger partial charge in [-0.3, -0.25) is 0 Å². The van der Waals surface area contributed by atoms with E-state index < -0.39 is 0 Å². The maximum atomic E-state index is 6.95. The molecule has 0 aliphatic rings. The maximum Gasteiger partial charge on any atom is 0.0584 e. The van der Waals surface area contributed by atoms with Crippen molar-refractivity contribution in [3.63, 3.8) is 0 Å². The molecule has 0 aromatic carbocycles. The number of nitrogens with zero attached hydrogens (tertiary/aromatic N) is 1. The second-order valence-electron chi connectivity index (χ2n) is 3.25. The Bertz CT molecular complexity index is 164. The Morgan fingerprint density at radius 2 is 2.23 bits per heavy atom. The monoisotopic (exact) mass is 183 g/mol. The van der Waals surface area contributed by atoms with Gasteiger partial charge in [-0.15, -0.1) is 0 Å². The summed E-state index contributed by atoms with van der Waals surface area (Å²) >= 11 is 0. The molecule has 1 atom stereocenters. The topological polar surface area (TPSA) is 48.2 Å². The predicted molar refractivity (Wildman–Crippen MR) is 55.9 cm³/mol. The molecule has 0 spiro atoms. The fourth-order valence-electron chi connectivity index (χ4n) is 1.20. The second kappa shape index (κ2) is 7.92. The molecule has 0 aliphatic carbocycles. The molecule has 3 nitrogen and oxygen atoms in total. The summed E-state index contributed by atoms with van der Waals surface area (Å²) < 4.78 is 0. The molecule has 0 saturated carbocycles. The molecule has 0 rings (SSSR count). The smallest absolute Gasteiger partial charge is 0.0584 e. The number of nitrogens with one attached hydrogen (secondary N) is 2. The van der Waals surface area contributed by atoms with Gasteiger partial charge in [-0.05, 0) is 26.3 Å². The van der Waals surface area contributed by atoms with Gasteiger partial charge in [0.25, 0.3) is 0 Å². The van der Waals surface area contributed by atoms with E-state index in [1.807, 2.05) is 0 Å². The Kier molecular flexibility index (Phi) is 7.50. The lowest BCUT2D eigenvalue weighted by atomic mass is 10.1. The Labute approximate surface area is 81.1 Å². The van der Waals surface area contributed by atoms with Gasteiger partial charge in [-0.1, -0.05) is 26.3 Å². The molecular formula is C10H21N3. The quantitative estimate of drug-likeness (QED) is 0.585. The van der Waals surface area contributed by atoms with Crippen LogP contribution in [0, 0.1) is 5.53 Å². The van der Waals surface area contributed by atoms with Crippen molar-refractivity contribution in [1.29, 1.82) is 5.53 Å². The van der Waals surface area contributed by atoms with E-state index in [-0.39, 0.29) is 0 Å². The third-order valence-electron chi connectivity index (χ3n) is 1.91. The Morgan fingerprint density at radius 1 is 1.54 bits per heavy atom. The van der Waals surface area contributed by atoms with Gasteiger partial charge in [0.15, 0.2) is 0 Å². The Balaban J connectivity index is 3.83. The summed E-state index contributed by atoms with van der Waals surface area (Å²) in [4.78, 5) is 0. The van der Waals surface area contributed by atoms with Crippen LogP contribution in [0.2, 0.25) is 0 Å². The van der Waals surface area contributed by atoms with Crippen molar-refractivity contribution in [2.24, 2.45) is 5.11 Å². The largest absolute Gasteiger partial charge is 0.314 e. The summed E-state index contributed by atoms with van der Waals surface area (Å²) in [6, 6.07) is 0.485. The van der Waals surface area contributed by atoms with Gasteiger partial charge in [0.2, 0.25) is 0 Å². The highest BCUT2D eigenvalue weighted by Crippen LogP contribution is 2.08. The number of allylic oxidation sites excluding steroid dienone is 1. The summed E-state index contributed by atoms with van der Waals surface area (Å²) in [5.41, 5.74) is 7.86. The van der Waals surface area contributed by atoms with E-state index >= 15 is 0 Å². The molecule has 1 unspecified atom stereocenters. The number of hydrogen-bond donors (Lipinski definition) is 2. The first kappa shape index (κ1) is 12.3. The summed E-state index contributed by atoms with van der Waals surface area (Å²) in [6.07, 6.45) is 5.00. The minimum absolute atomic E-state index is 0.485. The van der Waals surface area contributed by atoms with Gasteiger partial charge < -0.3 is 5.32 Å². The minimum atomic E-state index is 0.485. The van der Waals surface area contributed by atoms with E-state index in [1.54, 1.807) is 0 Å². The fraction of sp³-hybridized carbons (Fsp3) is 0.800. The summed E-state index contributed by atoms with van der Waals surface area (Å²) in [6.45, 7) is 7.35. The first-order valence-corrected chi connectivity index (χ1v) is 5.04. The van der Waals surface area contributed by atoms with Gasteiger partial charge in [-0.2, -0.15) is 5.11 Å². The SMILES string of the molecule is CCC/C(=C\CC(C)NCC)N=N. The van der Waals surface area contributed by atoms with Crippen molar-refractivity contribution in [3.05, 3.63) is 11.8 Å². The van der Waals surface area contributed by atoms with Crippen LogP contribution < -0.4 is 5.32 Å². The van der Waals surface area contributed by atoms with Crippen LogP contribution in [0.1, 0.15) is 40.0 Å². The first-order chi connectivity index (χ1) is 6.24. The number of rotatable bonds is 7. The van der Waals surface area contributed by atoms with Crippen molar-refractivity contribution in [2.45, 2.75) is 46.1 Å². The molecule has 76 valence electrons. The zero-order valence-corrected chi connectivity index (χ0v) is 8.93. The van der Waals surface area contributed by atoms with Crippen molar-refractivity contribution in [1.82, 2.24) is 5.32 Å². The highest BCUT2D eigenvalue weighted by atomic mass is 15.0. The van der Waals surface area contributed by atoms with Crippen molar-refractivity contribution >= 4 is 0 Å². The minimum Gasteiger partial charge on any atom is -0.314 e. The van der Waals surface area contributed by atoms with Gasteiger partial charge >= 0.3 is 0 Å². The van der Waals surface area contributed by atoms with E-state index in [1.165, 1.54) is 0 Å². The Hall–Kier alpha value is -0.700. The van der Waals surface area contributed by atoms with E-state index in [0.717, 1.165) is 31.5 Å². The van der Waals surface area contributed by atoms with Crippen molar-refractivity contribution < 1.29 is 0 Å². The van der Waals surface area contributed by atoms with E-state index in [4.69, 9.17) is 5.53 Å². The average molecular weight is 183 g/mol. The van der Waals surface area contributed by atoms with Gasteiger partial charge in [0.05, 0.1) is 5.70 Å². The lowest BCUT2D eigenvalue weighted by molar-refractivity contribution is 0.571. The van der Waals surface area contributed by atoms with Crippen LogP contribution in [-0.2, 0) is 0 Å². The third kappa shape index (κ3) is 6.46. The molecule has 0 fully saturated rings. The van der Waals surface area contributed by atoms with E-state index in [0.29, 0.717) is 6.04 Å². The molecule has 0 saturated heterocycles. The lowest BCUT2D eigenvalue weighted by Crippen LogP contribution is -2.24. The summed E-state index contributed by atoms with van der Waals surface area (Å²) in [7, 11) is 0. The molecule has 2 N–H and O–H groups in total. The summed E-state index contributed by atoms with van der Waals surface area (Å²) in [5, 5.41) is 6.81. The fourth-order valence-corrected chi connectivity index (χ4v) is 1.20. The molecule has 0 aromatic heterocycles. The molecular weight excluding hydrogens is 162 g/mol. The van der Waals surface area contributed by atoms with Crippen LogP contribution in [0.5, 0.6) is 0 Å². The molecule has 0 bridgehead atoms. The van der Waals surface area contributed by atoms with Crippen molar-refractivity contribution in [3.8, 4) is 0 Å². The molecule has 3 heteroatoms. The van der Waals surface area contributed by atoms with Crippen LogP contribution in [0.25, 0.3) is 0 Å². The zero-order valence-electron chi connectivity index (χ0n) is 8.93. The average Bonchev–Trinajstić information content (AvgIpc) is 2.12. The first-order valence-electron chi connectivity index (χ1n) is 5.04.